The Morgan fingerprint density at radius 1 is 1.33 bits per heavy atom. The quantitative estimate of drug-likeness (QED) is 0.811. The topological polar surface area (TPSA) is 49.3 Å². The molecule has 0 heterocycles. The molecule has 0 aliphatic heterocycles. The normalized spacial score (nSPS) is 13.1. The van der Waals surface area contributed by atoms with Crippen LogP contribution in [0, 0.1) is 5.92 Å². The van der Waals surface area contributed by atoms with Crippen molar-refractivity contribution in [1.82, 2.24) is 5.32 Å². The maximum absolute atomic E-state index is 11.8. The number of carbonyl (C=O) groups is 1. The van der Waals surface area contributed by atoms with E-state index in [1.54, 1.807) is 0 Å². The number of carbonyl (C=O) groups excluding carboxylic acids is 1. The average Bonchev–Trinajstić information content (AvgIpc) is 2.39. The molecule has 1 aromatic carbocycles. The molecule has 0 saturated carbocycles. The van der Waals surface area contributed by atoms with Crippen LogP contribution in [0.4, 0.5) is 0 Å². The highest BCUT2D eigenvalue weighted by Gasteiger charge is 2.23. The van der Waals surface area contributed by atoms with Crippen LogP contribution < -0.4 is 5.32 Å². The molecule has 0 saturated heterocycles. The summed E-state index contributed by atoms with van der Waals surface area (Å²) in [6, 6.07) is 10.1. The number of rotatable bonds is 6. The number of aliphatic hydroxyl groups excluding tert-OH is 1. The smallest absolute Gasteiger partial charge is 0.225 e. The van der Waals surface area contributed by atoms with E-state index in [0.717, 1.165) is 0 Å². The van der Waals surface area contributed by atoms with Crippen LogP contribution in [0.25, 0.3) is 0 Å². The summed E-state index contributed by atoms with van der Waals surface area (Å²) in [5, 5.41) is 12.0. The second kappa shape index (κ2) is 6.55. The minimum absolute atomic E-state index is 0.0657. The van der Waals surface area contributed by atoms with Crippen LogP contribution in [0.1, 0.15) is 32.8 Å². The molecule has 1 rings (SSSR count). The first-order valence-electron chi connectivity index (χ1n) is 6.45. The van der Waals surface area contributed by atoms with Crippen molar-refractivity contribution in [2.75, 3.05) is 13.2 Å². The Kier molecular flexibility index (Phi) is 5.35. The van der Waals surface area contributed by atoms with Crippen LogP contribution in [0.15, 0.2) is 30.3 Å². The van der Waals surface area contributed by atoms with Gasteiger partial charge in [-0.1, -0.05) is 51.1 Å². The Hall–Kier alpha value is -1.35. The van der Waals surface area contributed by atoms with Crippen molar-refractivity contribution < 1.29 is 9.90 Å². The predicted octanol–water partition coefficient (Wildman–Crippen LogP) is 2.10. The molecule has 0 aliphatic rings. The zero-order valence-corrected chi connectivity index (χ0v) is 11.4. The first-order valence-corrected chi connectivity index (χ1v) is 6.45. The van der Waals surface area contributed by atoms with Crippen molar-refractivity contribution in [3.8, 4) is 0 Å². The molecule has 100 valence electrons. The first kappa shape index (κ1) is 14.7. The van der Waals surface area contributed by atoms with Crippen LogP contribution >= 0.6 is 0 Å². The third kappa shape index (κ3) is 3.84. The molecule has 1 unspecified atom stereocenters. The summed E-state index contributed by atoms with van der Waals surface area (Å²) in [5.41, 5.74) is 1.09. The largest absolute Gasteiger partial charge is 0.396 e. The lowest BCUT2D eigenvalue weighted by Gasteiger charge is -2.26. The van der Waals surface area contributed by atoms with Gasteiger partial charge in [-0.3, -0.25) is 4.79 Å². The number of benzene rings is 1. The summed E-state index contributed by atoms with van der Waals surface area (Å²) in [4.78, 5) is 11.8. The highest BCUT2D eigenvalue weighted by atomic mass is 16.3. The van der Waals surface area contributed by atoms with E-state index in [2.05, 4.69) is 31.3 Å². The van der Waals surface area contributed by atoms with Crippen molar-refractivity contribution in [1.29, 1.82) is 0 Å². The van der Waals surface area contributed by atoms with Crippen LogP contribution in [-0.2, 0) is 10.2 Å². The highest BCUT2D eigenvalue weighted by molar-refractivity contribution is 5.78. The molecule has 18 heavy (non-hydrogen) atoms. The Balaban J connectivity index is 2.60. The van der Waals surface area contributed by atoms with Crippen LogP contribution in [0.2, 0.25) is 0 Å². The van der Waals surface area contributed by atoms with E-state index in [0.29, 0.717) is 13.0 Å². The first-order chi connectivity index (χ1) is 8.51. The number of amides is 1. The fourth-order valence-corrected chi connectivity index (χ4v) is 1.84. The molecule has 0 spiro atoms. The summed E-state index contributed by atoms with van der Waals surface area (Å²) in [6.07, 6.45) is 0.661. The maximum Gasteiger partial charge on any atom is 0.225 e. The van der Waals surface area contributed by atoms with E-state index in [4.69, 9.17) is 5.11 Å². The molecule has 0 radical (unpaired) electrons. The fourth-order valence-electron chi connectivity index (χ4n) is 1.84. The Morgan fingerprint density at radius 2 is 1.94 bits per heavy atom. The zero-order chi connectivity index (χ0) is 13.6. The van der Waals surface area contributed by atoms with Gasteiger partial charge in [0, 0.05) is 12.0 Å². The second-order valence-electron chi connectivity index (χ2n) is 5.26. The number of hydrogen-bond donors (Lipinski definition) is 2. The third-order valence-electron chi connectivity index (χ3n) is 3.34. The molecule has 3 nitrogen and oxygen atoms in total. The van der Waals surface area contributed by atoms with Crippen molar-refractivity contribution in [3.05, 3.63) is 35.9 Å². The Bertz CT molecular complexity index is 369. The lowest BCUT2D eigenvalue weighted by molar-refractivity contribution is -0.126. The van der Waals surface area contributed by atoms with Gasteiger partial charge in [0.05, 0.1) is 12.5 Å². The monoisotopic (exact) mass is 249 g/mol. The van der Waals surface area contributed by atoms with E-state index in [1.165, 1.54) is 5.56 Å². The van der Waals surface area contributed by atoms with E-state index in [9.17, 15) is 4.79 Å². The molecule has 1 aromatic rings. The predicted molar refractivity (Wildman–Crippen MR) is 73.3 cm³/mol. The molecule has 0 bridgehead atoms. The summed E-state index contributed by atoms with van der Waals surface area (Å²) in [7, 11) is 0. The van der Waals surface area contributed by atoms with Gasteiger partial charge in [-0.25, -0.2) is 0 Å². The van der Waals surface area contributed by atoms with E-state index >= 15 is 0 Å². The van der Waals surface area contributed by atoms with Crippen molar-refractivity contribution >= 4 is 5.91 Å². The van der Waals surface area contributed by atoms with Gasteiger partial charge < -0.3 is 10.4 Å². The van der Waals surface area contributed by atoms with Crippen LogP contribution in [0.5, 0.6) is 0 Å². The molecule has 0 aromatic heterocycles. The molecule has 0 aliphatic carbocycles. The minimum Gasteiger partial charge on any atom is -0.396 e. The second-order valence-corrected chi connectivity index (χ2v) is 5.26. The van der Waals surface area contributed by atoms with E-state index in [1.807, 2.05) is 25.1 Å². The third-order valence-corrected chi connectivity index (χ3v) is 3.34. The van der Waals surface area contributed by atoms with Gasteiger partial charge in [0.2, 0.25) is 5.91 Å². The standard InChI is InChI=1S/C15H23NO2/c1-4-12(10-17)14(18)16-11-15(2,3)13-8-6-5-7-9-13/h5-9,12,17H,4,10-11H2,1-3H3,(H,16,18). The molecule has 2 N–H and O–H groups in total. The summed E-state index contributed by atoms with van der Waals surface area (Å²) < 4.78 is 0. The van der Waals surface area contributed by atoms with Gasteiger partial charge in [-0.05, 0) is 12.0 Å². The highest BCUT2D eigenvalue weighted by Crippen LogP contribution is 2.21. The molecule has 1 amide bonds. The van der Waals surface area contributed by atoms with Gasteiger partial charge in [-0.15, -0.1) is 0 Å². The SMILES string of the molecule is CCC(CO)C(=O)NCC(C)(C)c1ccccc1. The number of hydrogen-bond acceptors (Lipinski definition) is 2. The number of aliphatic hydroxyl groups is 1. The van der Waals surface area contributed by atoms with Gasteiger partial charge >= 0.3 is 0 Å². The molecule has 1 atom stereocenters. The van der Waals surface area contributed by atoms with E-state index in [-0.39, 0.29) is 23.8 Å². The van der Waals surface area contributed by atoms with Gasteiger partial charge in [0.25, 0.3) is 0 Å². The molecular weight excluding hydrogens is 226 g/mol. The van der Waals surface area contributed by atoms with Crippen molar-refractivity contribution in [2.45, 2.75) is 32.6 Å². The fraction of sp³-hybridized carbons (Fsp3) is 0.533. The lowest BCUT2D eigenvalue weighted by atomic mass is 9.84. The molecule has 0 fully saturated rings. The minimum atomic E-state index is -0.295. The summed E-state index contributed by atoms with van der Waals surface area (Å²) in [6.45, 7) is 6.59. The van der Waals surface area contributed by atoms with Crippen LogP contribution in [-0.4, -0.2) is 24.2 Å². The average molecular weight is 249 g/mol. The van der Waals surface area contributed by atoms with Gasteiger partial charge in [-0.2, -0.15) is 0 Å². The van der Waals surface area contributed by atoms with Gasteiger partial charge in [0.15, 0.2) is 0 Å². The maximum atomic E-state index is 11.8. The zero-order valence-electron chi connectivity index (χ0n) is 11.4. The Labute approximate surface area is 109 Å². The summed E-state index contributed by atoms with van der Waals surface area (Å²) >= 11 is 0. The molecular formula is C15H23NO2. The number of nitrogens with one attached hydrogen (secondary N) is 1. The molecule has 3 heteroatoms. The van der Waals surface area contributed by atoms with Crippen molar-refractivity contribution in [3.63, 3.8) is 0 Å². The van der Waals surface area contributed by atoms with E-state index < -0.39 is 0 Å². The summed E-state index contributed by atoms with van der Waals surface area (Å²) in [5.74, 6) is -0.361. The van der Waals surface area contributed by atoms with Crippen LogP contribution in [0.3, 0.4) is 0 Å². The van der Waals surface area contributed by atoms with Gasteiger partial charge in [0.1, 0.15) is 0 Å². The Morgan fingerprint density at radius 3 is 2.44 bits per heavy atom. The lowest BCUT2D eigenvalue weighted by Crippen LogP contribution is -2.40. The van der Waals surface area contributed by atoms with Crippen molar-refractivity contribution in [2.24, 2.45) is 5.92 Å².